The largest absolute Gasteiger partial charge is 0.410 e. The van der Waals surface area contributed by atoms with Crippen LogP contribution in [-0.4, -0.2) is 19.4 Å². The van der Waals surface area contributed by atoms with Gasteiger partial charge >= 0.3 is 5.22 Å². The second-order valence-corrected chi connectivity index (χ2v) is 7.19. The Bertz CT molecular complexity index is 1060. The molecular formula is C18H12ClN3O2S. The van der Waals surface area contributed by atoms with E-state index < -0.39 is 10.8 Å². The molecule has 0 radical (unpaired) electrons. The molecule has 0 aliphatic carbocycles. The van der Waals surface area contributed by atoms with Crippen LogP contribution in [-0.2, 0) is 16.6 Å². The Balaban J connectivity index is 1.55. The molecule has 0 aliphatic heterocycles. The minimum Gasteiger partial charge on any atom is -0.410 e. The third-order valence-electron chi connectivity index (χ3n) is 3.70. The van der Waals surface area contributed by atoms with Crippen LogP contribution in [0.3, 0.4) is 0 Å². The van der Waals surface area contributed by atoms with Gasteiger partial charge in [-0.25, -0.2) is 4.21 Å². The van der Waals surface area contributed by atoms with E-state index in [0.29, 0.717) is 16.7 Å². The van der Waals surface area contributed by atoms with Crippen LogP contribution in [0.1, 0.15) is 5.56 Å². The standard InChI is InChI=1S/C18H12ClN3O2S/c19-16-5-3-13(4-6-16)17-21-22-18(24-17)25(23)11-12-1-2-15-10-20-8-7-14(15)9-12/h1-10H,11H2. The smallest absolute Gasteiger partial charge is 0.308 e. The van der Waals surface area contributed by atoms with Crippen molar-refractivity contribution in [1.29, 1.82) is 0 Å². The Labute approximate surface area is 151 Å². The van der Waals surface area contributed by atoms with E-state index >= 15 is 0 Å². The van der Waals surface area contributed by atoms with Crippen LogP contribution < -0.4 is 0 Å². The lowest BCUT2D eigenvalue weighted by atomic mass is 10.1. The monoisotopic (exact) mass is 369 g/mol. The van der Waals surface area contributed by atoms with E-state index in [1.165, 1.54) is 0 Å². The Morgan fingerprint density at radius 1 is 1.00 bits per heavy atom. The first-order valence-corrected chi connectivity index (χ1v) is 9.19. The summed E-state index contributed by atoms with van der Waals surface area (Å²) in [6.07, 6.45) is 3.53. The van der Waals surface area contributed by atoms with Gasteiger partial charge in [-0.05, 0) is 41.3 Å². The SMILES string of the molecule is O=S(Cc1ccc2cnccc2c1)c1nnc(-c2ccc(Cl)cc2)o1. The maximum atomic E-state index is 12.5. The van der Waals surface area contributed by atoms with Gasteiger partial charge in [-0.3, -0.25) is 4.98 Å². The maximum absolute atomic E-state index is 12.5. The predicted octanol–water partition coefficient (Wildman–Crippen LogP) is 4.25. The van der Waals surface area contributed by atoms with Crippen molar-refractivity contribution in [3.05, 3.63) is 71.5 Å². The van der Waals surface area contributed by atoms with Crippen molar-refractivity contribution in [3.63, 3.8) is 0 Å². The average Bonchev–Trinajstić information content (AvgIpc) is 3.12. The molecule has 0 N–H and O–H groups in total. The van der Waals surface area contributed by atoms with Crippen LogP contribution in [0.15, 0.2) is 70.6 Å². The second kappa shape index (κ2) is 6.74. The molecule has 0 spiro atoms. The molecular weight excluding hydrogens is 358 g/mol. The van der Waals surface area contributed by atoms with Crippen LogP contribution in [0.25, 0.3) is 22.2 Å². The van der Waals surface area contributed by atoms with Gasteiger partial charge in [0.15, 0.2) is 0 Å². The van der Waals surface area contributed by atoms with Crippen LogP contribution >= 0.6 is 11.6 Å². The number of hydrogen-bond acceptors (Lipinski definition) is 5. The molecule has 124 valence electrons. The minimum absolute atomic E-state index is 0.111. The molecule has 7 heteroatoms. The molecule has 0 saturated carbocycles. The Morgan fingerprint density at radius 3 is 2.68 bits per heavy atom. The van der Waals surface area contributed by atoms with Crippen LogP contribution in [0.4, 0.5) is 0 Å². The van der Waals surface area contributed by atoms with Crippen molar-refractivity contribution in [1.82, 2.24) is 15.2 Å². The highest BCUT2D eigenvalue weighted by Gasteiger charge is 2.15. The van der Waals surface area contributed by atoms with E-state index in [9.17, 15) is 4.21 Å². The number of fused-ring (bicyclic) bond motifs is 1. The number of nitrogens with zero attached hydrogens (tertiary/aromatic N) is 3. The lowest BCUT2D eigenvalue weighted by Crippen LogP contribution is -1.97. The van der Waals surface area contributed by atoms with Gasteiger partial charge in [-0.1, -0.05) is 34.9 Å². The topological polar surface area (TPSA) is 68.9 Å². The number of aromatic nitrogens is 3. The fourth-order valence-electron chi connectivity index (χ4n) is 2.45. The number of benzene rings is 2. The lowest BCUT2D eigenvalue weighted by molar-refractivity contribution is 0.455. The van der Waals surface area contributed by atoms with Gasteiger partial charge in [-0.15, -0.1) is 5.10 Å². The Morgan fingerprint density at radius 2 is 1.84 bits per heavy atom. The molecule has 0 bridgehead atoms. The van der Waals surface area contributed by atoms with E-state index in [1.807, 2.05) is 24.3 Å². The van der Waals surface area contributed by atoms with Gasteiger partial charge < -0.3 is 4.42 Å². The highest BCUT2D eigenvalue weighted by molar-refractivity contribution is 7.84. The zero-order valence-corrected chi connectivity index (χ0v) is 14.5. The third-order valence-corrected chi connectivity index (χ3v) is 5.10. The molecule has 25 heavy (non-hydrogen) atoms. The first-order chi connectivity index (χ1) is 12.2. The Hall–Kier alpha value is -2.57. The van der Waals surface area contributed by atoms with Gasteiger partial charge in [0.25, 0.3) is 0 Å². The van der Waals surface area contributed by atoms with Gasteiger partial charge in [0, 0.05) is 28.4 Å². The van der Waals surface area contributed by atoms with E-state index in [-0.39, 0.29) is 5.22 Å². The molecule has 4 rings (SSSR count). The van der Waals surface area contributed by atoms with Crippen molar-refractivity contribution in [2.45, 2.75) is 11.0 Å². The van der Waals surface area contributed by atoms with Crippen molar-refractivity contribution in [2.75, 3.05) is 0 Å². The maximum Gasteiger partial charge on any atom is 0.308 e. The molecule has 5 nitrogen and oxygen atoms in total. The molecule has 2 aromatic heterocycles. The third kappa shape index (κ3) is 3.45. The lowest BCUT2D eigenvalue weighted by Gasteiger charge is -2.02. The molecule has 1 unspecified atom stereocenters. The minimum atomic E-state index is -1.42. The summed E-state index contributed by atoms with van der Waals surface area (Å²) in [4.78, 5) is 4.09. The van der Waals surface area contributed by atoms with Gasteiger partial charge in [0.1, 0.15) is 10.8 Å². The first-order valence-electron chi connectivity index (χ1n) is 7.49. The summed E-state index contributed by atoms with van der Waals surface area (Å²) >= 11 is 5.87. The number of hydrogen-bond donors (Lipinski definition) is 0. The zero-order chi connectivity index (χ0) is 17.2. The summed E-state index contributed by atoms with van der Waals surface area (Å²) in [6, 6.07) is 14.8. The fourth-order valence-corrected chi connectivity index (χ4v) is 3.48. The Kier molecular flexibility index (Phi) is 4.29. The number of rotatable bonds is 4. The fraction of sp³-hybridized carbons (Fsp3) is 0.0556. The molecule has 0 aliphatic rings. The van der Waals surface area contributed by atoms with Crippen molar-refractivity contribution >= 4 is 33.2 Å². The number of halogens is 1. The van der Waals surface area contributed by atoms with Crippen LogP contribution in [0.5, 0.6) is 0 Å². The summed E-state index contributed by atoms with van der Waals surface area (Å²) in [5, 5.41) is 10.7. The highest BCUT2D eigenvalue weighted by atomic mass is 35.5. The van der Waals surface area contributed by atoms with Gasteiger partial charge in [-0.2, -0.15) is 0 Å². The molecule has 0 amide bonds. The summed E-state index contributed by atoms with van der Waals surface area (Å²) in [7, 11) is -1.42. The zero-order valence-electron chi connectivity index (χ0n) is 12.9. The second-order valence-electron chi connectivity index (χ2n) is 5.43. The van der Waals surface area contributed by atoms with Gasteiger partial charge in [0.05, 0.1) is 5.75 Å². The highest BCUT2D eigenvalue weighted by Crippen LogP contribution is 2.22. The molecule has 1 atom stereocenters. The molecule has 2 aromatic carbocycles. The summed E-state index contributed by atoms with van der Waals surface area (Å²) < 4.78 is 18.1. The molecule has 2 heterocycles. The first kappa shape index (κ1) is 15.9. The van der Waals surface area contributed by atoms with Crippen LogP contribution in [0.2, 0.25) is 5.02 Å². The summed E-state index contributed by atoms with van der Waals surface area (Å²) in [6.45, 7) is 0. The quantitative estimate of drug-likeness (QED) is 0.538. The number of pyridine rings is 1. The average molecular weight is 370 g/mol. The molecule has 0 saturated heterocycles. The molecule has 4 aromatic rings. The van der Waals surface area contributed by atoms with Crippen LogP contribution in [0, 0.1) is 0 Å². The van der Waals surface area contributed by atoms with E-state index in [1.54, 1.807) is 36.7 Å². The van der Waals surface area contributed by atoms with E-state index in [4.69, 9.17) is 16.0 Å². The molecule has 0 fully saturated rings. The summed E-state index contributed by atoms with van der Waals surface area (Å²) in [5.74, 6) is 0.630. The van der Waals surface area contributed by atoms with Crippen molar-refractivity contribution in [3.8, 4) is 11.5 Å². The van der Waals surface area contributed by atoms with Gasteiger partial charge in [0.2, 0.25) is 5.89 Å². The van der Waals surface area contributed by atoms with E-state index in [2.05, 4.69) is 15.2 Å². The summed E-state index contributed by atoms with van der Waals surface area (Å²) in [5.41, 5.74) is 1.67. The normalized spacial score (nSPS) is 12.4. The van der Waals surface area contributed by atoms with Crippen molar-refractivity contribution < 1.29 is 8.63 Å². The predicted molar refractivity (Wildman–Crippen MR) is 96.6 cm³/mol. The van der Waals surface area contributed by atoms with E-state index in [0.717, 1.165) is 21.9 Å². The van der Waals surface area contributed by atoms with Crippen molar-refractivity contribution in [2.24, 2.45) is 0 Å².